The van der Waals surface area contributed by atoms with Gasteiger partial charge in [-0.05, 0) is 50.5 Å². The van der Waals surface area contributed by atoms with Gasteiger partial charge in [0.1, 0.15) is 17.2 Å². The lowest BCUT2D eigenvalue weighted by atomic mass is 9.87. The molecule has 190 valence electrons. The molecular weight excluding hydrogens is 463 g/mol. The first-order valence-corrected chi connectivity index (χ1v) is 11.9. The summed E-state index contributed by atoms with van der Waals surface area (Å²) in [5.74, 6) is -0.352. The minimum Gasteiger partial charge on any atom is -0.493 e. The number of pyridine rings is 1. The number of benzene rings is 1. The van der Waals surface area contributed by atoms with Gasteiger partial charge in [-0.1, -0.05) is 32.1 Å². The van der Waals surface area contributed by atoms with Crippen LogP contribution in [-0.4, -0.2) is 29.8 Å². The Balaban J connectivity index is 1.59. The summed E-state index contributed by atoms with van der Waals surface area (Å²) in [5.41, 5.74) is 0.717. The number of hydrogen-bond acceptors (Lipinski definition) is 7. The summed E-state index contributed by atoms with van der Waals surface area (Å²) in [5, 5.41) is 3.92. The lowest BCUT2D eigenvalue weighted by molar-refractivity contribution is -0.201. The summed E-state index contributed by atoms with van der Waals surface area (Å²) < 4.78 is 50.9. The molecule has 2 aliphatic rings. The van der Waals surface area contributed by atoms with Gasteiger partial charge in [-0.25, -0.2) is 9.78 Å². The number of hydroxylamine groups is 1. The molecule has 0 amide bonds. The van der Waals surface area contributed by atoms with E-state index in [0.717, 1.165) is 11.5 Å². The summed E-state index contributed by atoms with van der Waals surface area (Å²) in [7, 11) is 0. The van der Waals surface area contributed by atoms with E-state index in [2.05, 4.69) is 10.3 Å². The highest BCUT2D eigenvalue weighted by molar-refractivity contribution is 5.80. The molecule has 35 heavy (non-hydrogen) atoms. The third kappa shape index (κ3) is 6.29. The quantitative estimate of drug-likeness (QED) is 0.472. The molecule has 2 aromatic rings. The maximum Gasteiger partial charge on any atom is 0.493 e. The van der Waals surface area contributed by atoms with E-state index in [-0.39, 0.29) is 11.8 Å². The standard InChI is InChI=1S/C25H30F3N3O4/c1-16(2)34-20-14-18(13-19(15-20)33-12-10-17-7-4-3-5-8-17)23-30-22-21(9-6-11-29-22)31(23)35-24(32)25(26,27)28/h6,9,11,13-17,23H,3-5,7-8,10,12H2,1-2H3,(H,29,30). The first kappa shape index (κ1) is 24.9. The molecule has 1 aliphatic heterocycles. The van der Waals surface area contributed by atoms with Crippen molar-refractivity contribution in [3.8, 4) is 11.5 Å². The second-order valence-electron chi connectivity index (χ2n) is 9.17. The Morgan fingerprint density at radius 1 is 1.17 bits per heavy atom. The molecule has 0 radical (unpaired) electrons. The molecule has 1 saturated carbocycles. The number of ether oxygens (including phenoxy) is 2. The fraction of sp³-hybridized carbons (Fsp3) is 0.520. The number of aromatic nitrogens is 1. The highest BCUT2D eigenvalue weighted by Crippen LogP contribution is 2.42. The summed E-state index contributed by atoms with van der Waals surface area (Å²) in [6, 6.07) is 8.24. The molecule has 1 fully saturated rings. The van der Waals surface area contributed by atoms with Gasteiger partial charge >= 0.3 is 12.1 Å². The van der Waals surface area contributed by atoms with Crippen LogP contribution in [-0.2, 0) is 9.63 Å². The number of nitrogens with one attached hydrogen (secondary N) is 1. The second-order valence-corrected chi connectivity index (χ2v) is 9.17. The van der Waals surface area contributed by atoms with E-state index in [1.165, 1.54) is 44.4 Å². The highest BCUT2D eigenvalue weighted by Gasteiger charge is 2.45. The second kappa shape index (κ2) is 10.6. The van der Waals surface area contributed by atoms with Crippen LogP contribution in [0.1, 0.15) is 64.1 Å². The third-order valence-electron chi connectivity index (χ3n) is 6.05. The molecule has 0 spiro atoms. The van der Waals surface area contributed by atoms with Crippen LogP contribution in [0.4, 0.5) is 24.7 Å². The first-order valence-electron chi connectivity index (χ1n) is 11.9. The fourth-order valence-electron chi connectivity index (χ4n) is 4.47. The van der Waals surface area contributed by atoms with Crippen LogP contribution in [0.3, 0.4) is 0 Å². The Morgan fingerprint density at radius 2 is 1.91 bits per heavy atom. The Morgan fingerprint density at radius 3 is 2.63 bits per heavy atom. The molecule has 0 saturated heterocycles. The van der Waals surface area contributed by atoms with Gasteiger partial charge in [0.15, 0.2) is 12.0 Å². The smallest absolute Gasteiger partial charge is 0.493 e. The predicted molar refractivity (Wildman–Crippen MR) is 124 cm³/mol. The zero-order valence-corrected chi connectivity index (χ0v) is 19.8. The van der Waals surface area contributed by atoms with Crippen LogP contribution in [0.5, 0.6) is 11.5 Å². The van der Waals surface area contributed by atoms with Gasteiger partial charge < -0.3 is 19.6 Å². The van der Waals surface area contributed by atoms with Crippen molar-refractivity contribution in [2.45, 2.75) is 70.8 Å². The SMILES string of the molecule is CC(C)Oc1cc(OCCC2CCCCC2)cc(C2Nc3ncccc3N2OC(=O)C(F)(F)F)c1. The number of carbonyl (C=O) groups is 1. The van der Waals surface area contributed by atoms with Crippen molar-refractivity contribution < 1.29 is 32.3 Å². The molecule has 1 N–H and O–H groups in total. The van der Waals surface area contributed by atoms with Gasteiger partial charge in [0, 0.05) is 17.8 Å². The van der Waals surface area contributed by atoms with Crippen molar-refractivity contribution >= 4 is 17.5 Å². The third-order valence-corrected chi connectivity index (χ3v) is 6.05. The van der Waals surface area contributed by atoms with Gasteiger partial charge in [-0.3, -0.25) is 0 Å². The Kier molecular flexibility index (Phi) is 7.57. The Labute approximate surface area is 202 Å². The van der Waals surface area contributed by atoms with Gasteiger partial charge in [-0.2, -0.15) is 18.2 Å². The molecule has 2 heterocycles. The number of halogens is 3. The number of fused-ring (bicyclic) bond motifs is 1. The number of anilines is 2. The minimum atomic E-state index is -5.15. The Bertz CT molecular complexity index is 1030. The van der Waals surface area contributed by atoms with Crippen LogP contribution in [0.2, 0.25) is 0 Å². The number of rotatable bonds is 8. The average molecular weight is 494 g/mol. The topological polar surface area (TPSA) is 72.9 Å². The maximum absolute atomic E-state index is 13.0. The zero-order chi connectivity index (χ0) is 25.0. The predicted octanol–water partition coefficient (Wildman–Crippen LogP) is 6.17. The van der Waals surface area contributed by atoms with Crippen LogP contribution in [0.25, 0.3) is 0 Å². The van der Waals surface area contributed by atoms with Gasteiger partial charge in [-0.15, -0.1) is 0 Å². The summed E-state index contributed by atoms with van der Waals surface area (Å²) in [6.07, 6.45) is 2.41. The molecule has 1 aromatic carbocycles. The van der Waals surface area contributed by atoms with Crippen molar-refractivity contribution in [3.63, 3.8) is 0 Å². The van der Waals surface area contributed by atoms with Crippen molar-refractivity contribution in [1.82, 2.24) is 4.98 Å². The number of hydrogen-bond donors (Lipinski definition) is 1. The fourth-order valence-corrected chi connectivity index (χ4v) is 4.47. The van der Waals surface area contributed by atoms with Crippen LogP contribution >= 0.6 is 0 Å². The first-order chi connectivity index (χ1) is 16.7. The van der Waals surface area contributed by atoms with E-state index >= 15 is 0 Å². The normalized spacial score (nSPS) is 18.2. The van der Waals surface area contributed by atoms with Gasteiger partial charge in [0.2, 0.25) is 0 Å². The maximum atomic E-state index is 13.0. The molecule has 1 aromatic heterocycles. The zero-order valence-electron chi connectivity index (χ0n) is 19.8. The van der Waals surface area contributed by atoms with E-state index in [1.54, 1.807) is 24.3 Å². The molecule has 1 atom stereocenters. The lowest BCUT2D eigenvalue weighted by Gasteiger charge is -2.26. The average Bonchev–Trinajstić information content (AvgIpc) is 3.17. The van der Waals surface area contributed by atoms with Crippen LogP contribution in [0.15, 0.2) is 36.5 Å². The molecular formula is C25H30F3N3O4. The molecule has 7 nitrogen and oxygen atoms in total. The highest BCUT2D eigenvalue weighted by atomic mass is 19.4. The molecule has 0 bridgehead atoms. The van der Waals surface area contributed by atoms with E-state index in [1.807, 2.05) is 13.8 Å². The van der Waals surface area contributed by atoms with Gasteiger partial charge in [0.05, 0.1) is 12.7 Å². The van der Waals surface area contributed by atoms with E-state index < -0.39 is 18.3 Å². The van der Waals surface area contributed by atoms with Crippen LogP contribution in [0, 0.1) is 5.92 Å². The summed E-state index contributed by atoms with van der Waals surface area (Å²) in [4.78, 5) is 20.6. The van der Waals surface area contributed by atoms with Crippen molar-refractivity contribution in [3.05, 3.63) is 42.1 Å². The number of carbonyl (C=O) groups excluding carboxylic acids is 1. The lowest BCUT2D eigenvalue weighted by Crippen LogP contribution is -2.36. The number of nitrogens with zero attached hydrogens (tertiary/aromatic N) is 2. The molecule has 1 aliphatic carbocycles. The van der Waals surface area contributed by atoms with Crippen molar-refractivity contribution in [1.29, 1.82) is 0 Å². The van der Waals surface area contributed by atoms with E-state index in [9.17, 15) is 18.0 Å². The molecule has 1 unspecified atom stereocenters. The van der Waals surface area contributed by atoms with E-state index in [0.29, 0.717) is 35.4 Å². The van der Waals surface area contributed by atoms with E-state index in [4.69, 9.17) is 14.3 Å². The minimum absolute atomic E-state index is 0.130. The Hall–Kier alpha value is -3.17. The van der Waals surface area contributed by atoms with Crippen LogP contribution < -0.4 is 19.9 Å². The number of alkyl halides is 3. The van der Waals surface area contributed by atoms with Crippen molar-refractivity contribution in [2.75, 3.05) is 17.0 Å². The largest absolute Gasteiger partial charge is 0.493 e. The monoisotopic (exact) mass is 493 g/mol. The summed E-state index contributed by atoms with van der Waals surface area (Å²) in [6.45, 7) is 4.28. The molecule has 10 heteroatoms. The van der Waals surface area contributed by atoms with Crippen molar-refractivity contribution in [2.24, 2.45) is 5.92 Å². The molecule has 4 rings (SSSR count). The summed E-state index contributed by atoms with van der Waals surface area (Å²) >= 11 is 0. The van der Waals surface area contributed by atoms with Gasteiger partial charge in [0.25, 0.3) is 0 Å².